The van der Waals surface area contributed by atoms with Gasteiger partial charge in [0.2, 0.25) is 0 Å². The van der Waals surface area contributed by atoms with Crippen LogP contribution in [0.5, 0.6) is 0 Å². The van der Waals surface area contributed by atoms with E-state index in [4.69, 9.17) is 0 Å². The molecule has 27 heavy (non-hydrogen) atoms. The van der Waals surface area contributed by atoms with E-state index in [9.17, 15) is 0 Å². The second-order valence-electron chi connectivity index (χ2n) is 6.95. The molecule has 0 spiro atoms. The van der Waals surface area contributed by atoms with Crippen LogP contribution in [0, 0.1) is 0 Å². The van der Waals surface area contributed by atoms with E-state index in [1.54, 1.807) is 10.9 Å². The van der Waals surface area contributed by atoms with Crippen LogP contribution in [0.25, 0.3) is 5.82 Å². The molecule has 1 saturated heterocycles. The minimum absolute atomic E-state index is 0. The first-order chi connectivity index (χ1) is 12.7. The summed E-state index contributed by atoms with van der Waals surface area (Å²) in [5.74, 6) is 1.67. The summed E-state index contributed by atoms with van der Waals surface area (Å²) < 4.78 is 1.76. The molecule has 8 heteroatoms. The largest absolute Gasteiger partial charge is 0.354 e. The fourth-order valence-corrected chi connectivity index (χ4v) is 3.23. The first-order valence-corrected chi connectivity index (χ1v) is 9.32. The van der Waals surface area contributed by atoms with Gasteiger partial charge in [-0.25, -0.2) is 9.67 Å². The highest BCUT2D eigenvalue weighted by Crippen LogP contribution is 2.13. The Morgan fingerprint density at radius 1 is 1.30 bits per heavy atom. The molecule has 0 atom stereocenters. The van der Waals surface area contributed by atoms with Crippen LogP contribution in [-0.2, 0) is 6.54 Å². The first-order valence-electron chi connectivity index (χ1n) is 9.32. The summed E-state index contributed by atoms with van der Waals surface area (Å²) >= 11 is 0. The van der Waals surface area contributed by atoms with Gasteiger partial charge in [-0.2, -0.15) is 5.10 Å². The Morgan fingerprint density at radius 3 is 2.70 bits per heavy atom. The summed E-state index contributed by atoms with van der Waals surface area (Å²) in [4.78, 5) is 11.3. The maximum absolute atomic E-state index is 4.37. The van der Waals surface area contributed by atoms with Crippen molar-refractivity contribution < 1.29 is 0 Å². The number of aliphatic imine (C=N–C) groups is 1. The third kappa shape index (κ3) is 6.17. The Labute approximate surface area is 178 Å². The molecule has 0 saturated carbocycles. The number of hydrogen-bond donors (Lipinski definition) is 2. The molecule has 2 aromatic heterocycles. The molecular weight excluding hydrogens is 453 g/mol. The van der Waals surface area contributed by atoms with Crippen molar-refractivity contribution in [2.75, 3.05) is 20.1 Å². The molecule has 1 aliphatic heterocycles. The van der Waals surface area contributed by atoms with Crippen molar-refractivity contribution in [3.8, 4) is 5.82 Å². The SMILES string of the molecule is CN=C(NCc1ccnc(-n2cccn2)c1)NC1CCN(C(C)C)CC1.I. The zero-order valence-corrected chi connectivity index (χ0v) is 18.6. The van der Waals surface area contributed by atoms with E-state index in [1.165, 1.54) is 0 Å². The first kappa shape index (κ1) is 21.6. The van der Waals surface area contributed by atoms with Crippen molar-refractivity contribution in [3.05, 3.63) is 42.4 Å². The van der Waals surface area contributed by atoms with E-state index in [0.717, 1.165) is 43.3 Å². The molecule has 0 bridgehead atoms. The second-order valence-corrected chi connectivity index (χ2v) is 6.95. The van der Waals surface area contributed by atoms with E-state index in [2.05, 4.69) is 44.5 Å². The quantitative estimate of drug-likeness (QED) is 0.389. The molecular formula is C19H30IN7. The average molecular weight is 483 g/mol. The average Bonchev–Trinajstić information content (AvgIpc) is 3.20. The van der Waals surface area contributed by atoms with Gasteiger partial charge in [-0.3, -0.25) is 4.99 Å². The van der Waals surface area contributed by atoms with Crippen molar-refractivity contribution in [2.24, 2.45) is 4.99 Å². The number of hydrogen-bond acceptors (Lipinski definition) is 4. The van der Waals surface area contributed by atoms with E-state index in [0.29, 0.717) is 18.6 Å². The molecule has 1 fully saturated rings. The fraction of sp³-hybridized carbons (Fsp3) is 0.526. The maximum atomic E-state index is 4.37. The number of likely N-dealkylation sites (tertiary alicyclic amines) is 1. The molecule has 2 N–H and O–H groups in total. The molecule has 0 aromatic carbocycles. The fourth-order valence-electron chi connectivity index (χ4n) is 3.23. The van der Waals surface area contributed by atoms with Gasteiger partial charge in [0, 0.05) is 57.4 Å². The lowest BCUT2D eigenvalue weighted by Crippen LogP contribution is -2.49. The number of rotatable bonds is 5. The summed E-state index contributed by atoms with van der Waals surface area (Å²) in [6.45, 7) is 7.51. The number of nitrogens with one attached hydrogen (secondary N) is 2. The van der Waals surface area contributed by atoms with Crippen molar-refractivity contribution in [3.63, 3.8) is 0 Å². The summed E-state index contributed by atoms with van der Waals surface area (Å²) in [6.07, 6.45) is 7.76. The number of pyridine rings is 1. The van der Waals surface area contributed by atoms with Gasteiger partial charge in [-0.1, -0.05) is 0 Å². The third-order valence-corrected chi connectivity index (χ3v) is 4.83. The molecule has 1 aliphatic rings. The number of aromatic nitrogens is 3. The van der Waals surface area contributed by atoms with E-state index >= 15 is 0 Å². The molecule has 3 heterocycles. The predicted octanol–water partition coefficient (Wildman–Crippen LogP) is 2.42. The molecule has 0 unspecified atom stereocenters. The second kappa shape index (κ2) is 10.6. The van der Waals surface area contributed by atoms with Gasteiger partial charge < -0.3 is 15.5 Å². The molecule has 0 aliphatic carbocycles. The minimum Gasteiger partial charge on any atom is -0.354 e. The minimum atomic E-state index is 0. The van der Waals surface area contributed by atoms with Crippen molar-refractivity contribution in [1.29, 1.82) is 0 Å². The Hall–Kier alpha value is -1.68. The predicted molar refractivity (Wildman–Crippen MR) is 120 cm³/mol. The number of guanidine groups is 1. The van der Waals surface area contributed by atoms with E-state index in [-0.39, 0.29) is 24.0 Å². The number of halogens is 1. The molecule has 3 rings (SSSR count). The van der Waals surface area contributed by atoms with Crippen molar-refractivity contribution in [2.45, 2.75) is 45.3 Å². The van der Waals surface area contributed by atoms with Crippen LogP contribution in [-0.4, -0.2) is 57.8 Å². The Bertz CT molecular complexity index is 707. The topological polar surface area (TPSA) is 70.4 Å². The van der Waals surface area contributed by atoms with Gasteiger partial charge in [0.05, 0.1) is 0 Å². The molecule has 2 aromatic rings. The van der Waals surface area contributed by atoms with Crippen molar-refractivity contribution in [1.82, 2.24) is 30.3 Å². The van der Waals surface area contributed by atoms with Crippen molar-refractivity contribution >= 4 is 29.9 Å². The van der Waals surface area contributed by atoms with Crippen LogP contribution in [0.2, 0.25) is 0 Å². The Balaban J connectivity index is 0.00000261. The molecule has 0 radical (unpaired) electrons. The van der Waals surface area contributed by atoms with Gasteiger partial charge in [0.25, 0.3) is 0 Å². The lowest BCUT2D eigenvalue weighted by Gasteiger charge is -2.35. The third-order valence-electron chi connectivity index (χ3n) is 4.83. The molecule has 7 nitrogen and oxygen atoms in total. The van der Waals surface area contributed by atoms with Gasteiger partial charge in [-0.05, 0) is 50.5 Å². The Morgan fingerprint density at radius 2 is 2.07 bits per heavy atom. The summed E-state index contributed by atoms with van der Waals surface area (Å²) in [5.41, 5.74) is 1.14. The van der Waals surface area contributed by atoms with Crippen LogP contribution < -0.4 is 10.6 Å². The monoisotopic (exact) mass is 483 g/mol. The zero-order valence-electron chi connectivity index (χ0n) is 16.3. The van der Waals surface area contributed by atoms with Crippen LogP contribution >= 0.6 is 24.0 Å². The highest BCUT2D eigenvalue weighted by molar-refractivity contribution is 14.0. The molecule has 0 amide bonds. The summed E-state index contributed by atoms with van der Waals surface area (Å²) in [7, 11) is 1.82. The summed E-state index contributed by atoms with van der Waals surface area (Å²) in [6, 6.07) is 7.04. The van der Waals surface area contributed by atoms with E-state index < -0.39 is 0 Å². The lowest BCUT2D eigenvalue weighted by atomic mass is 10.0. The zero-order chi connectivity index (χ0) is 18.4. The highest BCUT2D eigenvalue weighted by Gasteiger charge is 2.21. The number of nitrogens with zero attached hydrogens (tertiary/aromatic N) is 5. The standard InChI is InChI=1S/C19H29N7.HI/c1-15(2)25-11-6-17(7-12-25)24-19(20-3)22-14-16-5-9-21-18(13-16)26-10-4-8-23-26;/h4-5,8-10,13,15,17H,6-7,11-12,14H2,1-3H3,(H2,20,22,24);1H. The smallest absolute Gasteiger partial charge is 0.191 e. The van der Waals surface area contributed by atoms with E-state index in [1.807, 2.05) is 37.6 Å². The van der Waals surface area contributed by atoms with Gasteiger partial charge in [0.15, 0.2) is 11.8 Å². The molecule has 148 valence electrons. The summed E-state index contributed by atoms with van der Waals surface area (Å²) in [5, 5.41) is 11.2. The maximum Gasteiger partial charge on any atom is 0.191 e. The van der Waals surface area contributed by atoms with Crippen LogP contribution in [0.15, 0.2) is 41.8 Å². The van der Waals surface area contributed by atoms with Crippen LogP contribution in [0.4, 0.5) is 0 Å². The number of piperidine rings is 1. The normalized spacial score (nSPS) is 16.2. The Kier molecular flexibility index (Phi) is 8.49. The van der Waals surface area contributed by atoms with Crippen LogP contribution in [0.1, 0.15) is 32.3 Å². The van der Waals surface area contributed by atoms with Gasteiger partial charge >= 0.3 is 0 Å². The van der Waals surface area contributed by atoms with Crippen LogP contribution in [0.3, 0.4) is 0 Å². The van der Waals surface area contributed by atoms with Gasteiger partial charge in [0.1, 0.15) is 0 Å². The lowest BCUT2D eigenvalue weighted by molar-refractivity contribution is 0.167. The highest BCUT2D eigenvalue weighted by atomic mass is 127. The van der Waals surface area contributed by atoms with Gasteiger partial charge in [-0.15, -0.1) is 24.0 Å².